The molecule has 5 heteroatoms. The first-order valence-electron chi connectivity index (χ1n) is 18.8. The maximum Gasteiger partial charge on any atom is -1.00 e. The van der Waals surface area contributed by atoms with Crippen LogP contribution in [0.25, 0.3) is 67.1 Å². The van der Waals surface area contributed by atoms with Gasteiger partial charge in [0, 0.05) is 0 Å². The van der Waals surface area contributed by atoms with Crippen molar-refractivity contribution in [3.8, 4) is 22.3 Å². The van der Waals surface area contributed by atoms with Crippen molar-refractivity contribution < 1.29 is 56.9 Å². The zero-order chi connectivity index (χ0) is 35.5. The molecule has 2 atom stereocenters. The summed E-state index contributed by atoms with van der Waals surface area (Å²) in [6, 6.07) is 53.7. The van der Waals surface area contributed by atoms with Gasteiger partial charge < -0.3 is 24.8 Å². The monoisotopic (exact) mass is 830 g/mol. The van der Waals surface area contributed by atoms with Gasteiger partial charge in [-0.25, -0.2) is 0 Å². The zero-order valence-electron chi connectivity index (χ0n) is 30.7. The Morgan fingerprint density at radius 1 is 0.455 bits per heavy atom. The molecule has 2 unspecified atom stereocenters. The van der Waals surface area contributed by atoms with Gasteiger partial charge in [-0.05, 0) is 0 Å². The molecule has 0 saturated heterocycles. The molecule has 0 saturated carbocycles. The van der Waals surface area contributed by atoms with Crippen LogP contribution in [0.15, 0.2) is 154 Å². The summed E-state index contributed by atoms with van der Waals surface area (Å²) in [7, 11) is 0. The van der Waals surface area contributed by atoms with E-state index in [1.165, 1.54) is 77.2 Å². The van der Waals surface area contributed by atoms with Gasteiger partial charge >= 0.3 is 324 Å². The zero-order valence-corrected chi connectivity index (χ0v) is 34.6. The number of rotatable bonds is 8. The molecule has 6 aromatic carbocycles. The average Bonchev–Trinajstić information content (AvgIpc) is 4.03. The Balaban J connectivity index is 0.00000214. The van der Waals surface area contributed by atoms with Crippen molar-refractivity contribution in [2.45, 2.75) is 33.9 Å². The Labute approximate surface area is 346 Å². The van der Waals surface area contributed by atoms with Crippen LogP contribution >= 0.6 is 0 Å². The molecule has 55 heavy (non-hydrogen) atoms. The van der Waals surface area contributed by atoms with Crippen LogP contribution in [0.4, 0.5) is 0 Å². The number of hydrogen-bond acceptors (Lipinski definition) is 2. The number of furan rings is 2. The Hall–Kier alpha value is -4.66. The van der Waals surface area contributed by atoms with Crippen LogP contribution in [-0.4, -0.2) is 0 Å². The fraction of sp³-hybridized carbons (Fsp3) is 0.120. The van der Waals surface area contributed by atoms with E-state index in [-0.39, 0.29) is 24.8 Å². The van der Waals surface area contributed by atoms with Crippen molar-refractivity contribution in [2.24, 2.45) is 0 Å². The maximum absolute atomic E-state index is 6.58. The molecule has 0 radical (unpaired) electrons. The minimum Gasteiger partial charge on any atom is -1.00 e. The average molecular weight is 833 g/mol. The van der Waals surface area contributed by atoms with Crippen LogP contribution in [0.3, 0.4) is 0 Å². The number of benzene rings is 6. The second-order valence-corrected chi connectivity index (χ2v) is 17.9. The van der Waals surface area contributed by atoms with Gasteiger partial charge in [-0.2, -0.15) is 0 Å². The third-order valence-electron chi connectivity index (χ3n) is 11.2. The summed E-state index contributed by atoms with van der Waals surface area (Å²) in [5.74, 6) is 4.08. The van der Waals surface area contributed by atoms with Crippen molar-refractivity contribution >= 4 is 44.8 Å². The van der Waals surface area contributed by atoms with Crippen LogP contribution in [0.1, 0.15) is 66.4 Å². The topological polar surface area (TPSA) is 26.3 Å². The summed E-state index contributed by atoms with van der Waals surface area (Å²) in [5.41, 5.74) is 13.3. The third kappa shape index (κ3) is 6.61. The molecule has 0 fully saturated rings. The number of allylic oxidation sites excluding steroid dienone is 2. The number of aryl methyl sites for hydroxylation is 2. The second kappa shape index (κ2) is 15.5. The van der Waals surface area contributed by atoms with E-state index in [0.717, 1.165) is 35.9 Å². The van der Waals surface area contributed by atoms with E-state index in [9.17, 15) is 0 Å². The number of hydrogen-bond donors (Lipinski definition) is 0. The minimum atomic E-state index is -1.36. The summed E-state index contributed by atoms with van der Waals surface area (Å²) < 4.78 is 13.8. The molecule has 2 heterocycles. The van der Waals surface area contributed by atoms with E-state index in [4.69, 9.17) is 8.83 Å². The van der Waals surface area contributed by atoms with Gasteiger partial charge in [0.1, 0.15) is 0 Å². The van der Waals surface area contributed by atoms with E-state index in [0.29, 0.717) is 7.25 Å². The predicted octanol–water partition coefficient (Wildman–Crippen LogP) is 7.62. The molecule has 2 aliphatic rings. The largest absolute Gasteiger partial charge is 1.00 e. The van der Waals surface area contributed by atoms with Crippen LogP contribution in [0, 0.1) is 0 Å². The number of fused-ring (bicyclic) bond motifs is 4. The molecule has 268 valence electrons. The fourth-order valence-electron chi connectivity index (χ4n) is 8.42. The Kier molecular flexibility index (Phi) is 10.5. The first-order valence-corrected chi connectivity index (χ1v) is 21.6. The molecule has 10 rings (SSSR count). The molecule has 0 amide bonds. The standard InChI is InChI=1S/2C25H19O.2ClH.Zr/c2*1-2-22-12-13-25(26-22)21-15-19-8-5-9-23(24(19)16-21)20-11-10-17-6-3-4-7-18(17)14-20;;;/h2*3-16H,2H2,1H3;2*1H;/q;;;;+2/p-2. The van der Waals surface area contributed by atoms with Crippen molar-refractivity contribution in [2.75, 3.05) is 0 Å². The summed E-state index contributed by atoms with van der Waals surface area (Å²) in [6.07, 6.45) is 6.67. The van der Waals surface area contributed by atoms with Gasteiger partial charge in [-0.3, -0.25) is 0 Å². The fourth-order valence-corrected chi connectivity index (χ4v) is 13.4. The van der Waals surface area contributed by atoms with Crippen molar-refractivity contribution in [3.63, 3.8) is 0 Å². The van der Waals surface area contributed by atoms with Gasteiger partial charge in [-0.15, -0.1) is 0 Å². The van der Waals surface area contributed by atoms with E-state index in [2.05, 4.69) is 172 Å². The Morgan fingerprint density at radius 3 is 1.31 bits per heavy atom. The van der Waals surface area contributed by atoms with E-state index in [1.54, 1.807) is 0 Å². The molecule has 8 aromatic rings. The molecular weight excluding hydrogens is 795 g/mol. The normalized spacial score (nSPS) is 15.5. The van der Waals surface area contributed by atoms with E-state index >= 15 is 0 Å². The predicted molar refractivity (Wildman–Crippen MR) is 216 cm³/mol. The number of halogens is 2. The second-order valence-electron chi connectivity index (χ2n) is 14.2. The van der Waals surface area contributed by atoms with Gasteiger partial charge in [0.2, 0.25) is 0 Å². The van der Waals surface area contributed by atoms with Crippen LogP contribution in [0.5, 0.6) is 0 Å². The van der Waals surface area contributed by atoms with Crippen LogP contribution < -0.4 is 24.8 Å². The molecule has 0 bridgehead atoms. The maximum atomic E-state index is 6.58. The summed E-state index contributed by atoms with van der Waals surface area (Å²) in [6.45, 7) is 4.33. The molecule has 0 N–H and O–H groups in total. The van der Waals surface area contributed by atoms with Crippen molar-refractivity contribution in [1.29, 1.82) is 0 Å². The first kappa shape index (κ1) is 37.3. The first-order chi connectivity index (χ1) is 26.1. The van der Waals surface area contributed by atoms with Gasteiger partial charge in [-0.1, -0.05) is 0 Å². The van der Waals surface area contributed by atoms with E-state index in [1.807, 2.05) is 0 Å². The molecule has 0 aliphatic heterocycles. The summed E-state index contributed by atoms with van der Waals surface area (Å²) in [4.78, 5) is 0. The Morgan fingerprint density at radius 2 is 0.891 bits per heavy atom. The molecule has 2 aliphatic carbocycles. The van der Waals surface area contributed by atoms with Crippen LogP contribution in [0.2, 0.25) is 0 Å². The third-order valence-corrected chi connectivity index (χ3v) is 15.9. The summed E-state index contributed by atoms with van der Waals surface area (Å²) >= 11 is -1.36. The molecule has 2 aromatic heterocycles. The smallest absolute Gasteiger partial charge is 1.00 e. The summed E-state index contributed by atoms with van der Waals surface area (Å²) in [5, 5.41) is 5.06. The minimum absolute atomic E-state index is 0. The van der Waals surface area contributed by atoms with Gasteiger partial charge in [0.15, 0.2) is 0 Å². The molecular formula is C50H38Cl2O2Zr. The van der Waals surface area contributed by atoms with Gasteiger partial charge in [0.25, 0.3) is 0 Å². The Bertz CT molecular complexity index is 2580. The molecule has 2 nitrogen and oxygen atoms in total. The SMILES string of the molecule is CCc1ccc(C2=Cc3c(-c4ccc5ccccc5c4)cccc3[CH]2[Zr+2][CH]2C(c3ccc(CC)o3)=Cc3c(-c4ccc5ccccc5c4)cccc32)o1.[Cl-].[Cl-]. The van der Waals surface area contributed by atoms with Gasteiger partial charge in [0.05, 0.1) is 0 Å². The van der Waals surface area contributed by atoms with E-state index < -0.39 is 23.2 Å². The van der Waals surface area contributed by atoms with Crippen LogP contribution in [-0.2, 0) is 36.1 Å². The van der Waals surface area contributed by atoms with Crippen molar-refractivity contribution in [3.05, 3.63) is 191 Å². The molecule has 0 spiro atoms. The quantitative estimate of drug-likeness (QED) is 0.158. The van der Waals surface area contributed by atoms with Crippen molar-refractivity contribution in [1.82, 2.24) is 0 Å².